The Morgan fingerprint density at radius 1 is 0.971 bits per heavy atom. The summed E-state index contributed by atoms with van der Waals surface area (Å²) in [5, 5.41) is 2.60. The molecule has 0 fully saturated rings. The van der Waals surface area contributed by atoms with E-state index in [1.807, 2.05) is 36.4 Å². The number of ether oxygens (including phenoxy) is 2. The molecule has 0 unspecified atom stereocenters. The number of benzene rings is 3. The summed E-state index contributed by atoms with van der Waals surface area (Å²) < 4.78 is 59.2. The van der Waals surface area contributed by atoms with E-state index in [-0.39, 0.29) is 31.1 Å². The van der Waals surface area contributed by atoms with Crippen LogP contribution in [0.15, 0.2) is 66.7 Å². The maximum atomic E-state index is 13.7. The number of hydrogen-bond donors (Lipinski definition) is 1. The molecule has 34 heavy (non-hydrogen) atoms. The Kier molecular flexibility index (Phi) is 6.73. The average molecular weight is 469 g/mol. The fraction of sp³-hybridized carbons (Fsp3) is 0.192. The second kappa shape index (κ2) is 9.87. The van der Waals surface area contributed by atoms with Crippen LogP contribution in [-0.2, 0) is 4.74 Å². The van der Waals surface area contributed by atoms with Crippen molar-refractivity contribution in [3.05, 3.63) is 89.2 Å². The van der Waals surface area contributed by atoms with Gasteiger partial charge >= 0.3 is 12.5 Å². The Labute approximate surface area is 193 Å². The van der Waals surface area contributed by atoms with Crippen LogP contribution >= 0.6 is 0 Å². The molecule has 3 aromatic rings. The van der Waals surface area contributed by atoms with E-state index in [1.165, 1.54) is 6.07 Å². The molecule has 3 aromatic carbocycles. The van der Waals surface area contributed by atoms with Crippen LogP contribution in [0.2, 0.25) is 0 Å². The lowest BCUT2D eigenvalue weighted by Crippen LogP contribution is -2.26. The highest BCUT2D eigenvalue weighted by Crippen LogP contribution is 2.44. The normalized spacial score (nSPS) is 12.2. The first-order valence-corrected chi connectivity index (χ1v) is 10.4. The van der Waals surface area contributed by atoms with Gasteiger partial charge in [-0.15, -0.1) is 13.2 Å². The third-order valence-corrected chi connectivity index (χ3v) is 5.25. The number of fused-ring (bicyclic) bond motifs is 3. The Morgan fingerprint density at radius 2 is 1.62 bits per heavy atom. The molecular weight excluding hydrogens is 450 g/mol. The van der Waals surface area contributed by atoms with Gasteiger partial charge in [0.25, 0.3) is 0 Å². The zero-order valence-corrected chi connectivity index (χ0v) is 17.8. The molecule has 1 amide bonds. The standard InChI is InChI=1S/C26H19F4NO3/c27-23-15-17(12-13-24(23)34-26(28,29)30)7-5-6-14-31-25(32)33-16-22-20-10-3-1-8-18(20)19-9-2-4-11-21(19)22/h1-4,8-13,15,22H,6,14,16H2,(H,31,32). The van der Waals surface area contributed by atoms with Gasteiger partial charge in [-0.3, -0.25) is 0 Å². The van der Waals surface area contributed by atoms with Crippen LogP contribution in [0.4, 0.5) is 22.4 Å². The minimum Gasteiger partial charge on any atom is -0.449 e. The van der Waals surface area contributed by atoms with Crippen LogP contribution in [0.25, 0.3) is 11.1 Å². The van der Waals surface area contributed by atoms with E-state index in [0.717, 1.165) is 34.4 Å². The van der Waals surface area contributed by atoms with Crippen LogP contribution in [0.3, 0.4) is 0 Å². The molecule has 1 aliphatic rings. The predicted molar refractivity (Wildman–Crippen MR) is 118 cm³/mol. The molecular formula is C26H19F4NO3. The molecule has 0 heterocycles. The highest BCUT2D eigenvalue weighted by Gasteiger charge is 2.32. The number of nitrogens with one attached hydrogen (secondary N) is 1. The fourth-order valence-corrected chi connectivity index (χ4v) is 3.83. The summed E-state index contributed by atoms with van der Waals surface area (Å²) in [4.78, 5) is 12.1. The molecule has 0 saturated heterocycles. The average Bonchev–Trinajstić information content (AvgIpc) is 3.12. The Bertz CT molecular complexity index is 1220. The molecule has 8 heteroatoms. The first-order valence-electron chi connectivity index (χ1n) is 10.4. The molecule has 174 valence electrons. The van der Waals surface area contributed by atoms with E-state index in [1.54, 1.807) is 0 Å². The van der Waals surface area contributed by atoms with Gasteiger partial charge in [0.15, 0.2) is 11.6 Å². The van der Waals surface area contributed by atoms with Crippen LogP contribution in [0, 0.1) is 17.7 Å². The van der Waals surface area contributed by atoms with Crippen molar-refractivity contribution in [1.82, 2.24) is 5.32 Å². The number of halogens is 4. The second-order valence-corrected chi connectivity index (χ2v) is 7.50. The Morgan fingerprint density at radius 3 is 2.24 bits per heavy atom. The first-order chi connectivity index (χ1) is 16.3. The van der Waals surface area contributed by atoms with E-state index < -0.39 is 24.0 Å². The van der Waals surface area contributed by atoms with Crippen LogP contribution < -0.4 is 10.1 Å². The molecule has 0 aromatic heterocycles. The van der Waals surface area contributed by atoms with Crippen LogP contribution in [0.5, 0.6) is 5.75 Å². The quantitative estimate of drug-likeness (QED) is 0.283. The van der Waals surface area contributed by atoms with E-state index >= 15 is 0 Å². The highest BCUT2D eigenvalue weighted by molar-refractivity contribution is 5.79. The monoisotopic (exact) mass is 469 g/mol. The summed E-state index contributed by atoms with van der Waals surface area (Å²) in [6.45, 7) is 0.387. The van der Waals surface area contributed by atoms with Crippen molar-refractivity contribution < 1.29 is 31.8 Å². The zero-order chi connectivity index (χ0) is 24.1. The molecule has 0 spiro atoms. The third-order valence-electron chi connectivity index (χ3n) is 5.25. The minimum absolute atomic E-state index is 0.0443. The number of carbonyl (C=O) groups is 1. The van der Waals surface area contributed by atoms with E-state index in [2.05, 4.69) is 34.0 Å². The van der Waals surface area contributed by atoms with Gasteiger partial charge in [-0.25, -0.2) is 9.18 Å². The maximum absolute atomic E-state index is 13.7. The van der Waals surface area contributed by atoms with Crippen molar-refractivity contribution in [1.29, 1.82) is 0 Å². The molecule has 0 atom stereocenters. The zero-order valence-electron chi connectivity index (χ0n) is 17.8. The van der Waals surface area contributed by atoms with Gasteiger partial charge in [0.1, 0.15) is 6.61 Å². The molecule has 4 nitrogen and oxygen atoms in total. The van der Waals surface area contributed by atoms with Gasteiger partial charge in [0.2, 0.25) is 0 Å². The van der Waals surface area contributed by atoms with Crippen molar-refractivity contribution in [2.45, 2.75) is 18.7 Å². The molecule has 4 rings (SSSR count). The molecule has 0 aliphatic heterocycles. The van der Waals surface area contributed by atoms with Crippen molar-refractivity contribution in [2.75, 3.05) is 13.2 Å². The number of rotatable bonds is 5. The summed E-state index contributed by atoms with van der Waals surface area (Å²) in [5.74, 6) is 3.22. The summed E-state index contributed by atoms with van der Waals surface area (Å²) in [5.41, 5.74) is 4.68. The maximum Gasteiger partial charge on any atom is 0.573 e. The van der Waals surface area contributed by atoms with Gasteiger partial charge < -0.3 is 14.8 Å². The lowest BCUT2D eigenvalue weighted by Gasteiger charge is -2.14. The molecule has 0 bridgehead atoms. The van der Waals surface area contributed by atoms with E-state index in [9.17, 15) is 22.4 Å². The molecule has 0 radical (unpaired) electrons. The second-order valence-electron chi connectivity index (χ2n) is 7.50. The Balaban J connectivity index is 1.26. The van der Waals surface area contributed by atoms with Crippen LogP contribution in [0.1, 0.15) is 29.0 Å². The lowest BCUT2D eigenvalue weighted by atomic mass is 9.98. The molecule has 1 N–H and O–H groups in total. The number of hydrogen-bond acceptors (Lipinski definition) is 3. The van der Waals surface area contributed by atoms with Crippen molar-refractivity contribution >= 4 is 6.09 Å². The summed E-state index contributed by atoms with van der Waals surface area (Å²) in [7, 11) is 0. The van der Waals surface area contributed by atoms with Crippen LogP contribution in [-0.4, -0.2) is 25.6 Å². The highest BCUT2D eigenvalue weighted by atomic mass is 19.4. The SMILES string of the molecule is O=C(NCCC#Cc1ccc(OC(F)(F)F)c(F)c1)OCC1c2ccccc2-c2ccccc21. The van der Waals surface area contributed by atoms with Gasteiger partial charge in [0.05, 0.1) is 0 Å². The lowest BCUT2D eigenvalue weighted by molar-refractivity contribution is -0.275. The number of alkyl halides is 3. The van der Waals surface area contributed by atoms with Gasteiger partial charge in [-0.05, 0) is 40.5 Å². The van der Waals surface area contributed by atoms with Crippen molar-refractivity contribution in [3.8, 4) is 28.7 Å². The summed E-state index contributed by atoms with van der Waals surface area (Å²) in [6, 6.07) is 19.0. The minimum atomic E-state index is -4.97. The van der Waals surface area contributed by atoms with Crippen molar-refractivity contribution in [3.63, 3.8) is 0 Å². The third kappa shape index (κ3) is 5.49. The fourth-order valence-electron chi connectivity index (χ4n) is 3.83. The topological polar surface area (TPSA) is 47.6 Å². The molecule has 1 aliphatic carbocycles. The van der Waals surface area contributed by atoms with Gasteiger partial charge in [-0.2, -0.15) is 0 Å². The summed E-state index contributed by atoms with van der Waals surface area (Å²) in [6.07, 6.45) is -5.31. The number of amides is 1. The van der Waals surface area contributed by atoms with E-state index in [0.29, 0.717) is 0 Å². The first kappa shape index (κ1) is 23.2. The van der Waals surface area contributed by atoms with Gasteiger partial charge in [0, 0.05) is 24.4 Å². The Hall–Kier alpha value is -3.99. The van der Waals surface area contributed by atoms with E-state index in [4.69, 9.17) is 4.74 Å². The molecule has 0 saturated carbocycles. The largest absolute Gasteiger partial charge is 0.573 e. The van der Waals surface area contributed by atoms with Gasteiger partial charge in [-0.1, -0.05) is 60.4 Å². The van der Waals surface area contributed by atoms with Crippen molar-refractivity contribution in [2.24, 2.45) is 0 Å². The summed E-state index contributed by atoms with van der Waals surface area (Å²) >= 11 is 0. The predicted octanol–water partition coefficient (Wildman–Crippen LogP) is 6.00. The number of alkyl carbamates (subject to hydrolysis) is 1. The smallest absolute Gasteiger partial charge is 0.449 e. The number of carbonyl (C=O) groups excluding carboxylic acids is 1.